The van der Waals surface area contributed by atoms with E-state index in [1.165, 1.54) is 15.5 Å². The fourth-order valence-electron chi connectivity index (χ4n) is 1.88. The zero-order valence-electron chi connectivity index (χ0n) is 10.5. The molecule has 1 atom stereocenters. The van der Waals surface area contributed by atoms with Gasteiger partial charge in [-0.1, -0.05) is 25.5 Å². The highest BCUT2D eigenvalue weighted by atomic mass is 32.1. The Hall–Kier alpha value is -1.62. The molecule has 18 heavy (non-hydrogen) atoms. The summed E-state index contributed by atoms with van der Waals surface area (Å²) in [6.07, 6.45) is 1.91. The van der Waals surface area contributed by atoms with Crippen LogP contribution >= 0.6 is 11.5 Å². The van der Waals surface area contributed by atoms with Crippen molar-refractivity contribution in [2.45, 2.75) is 32.7 Å². The van der Waals surface area contributed by atoms with Gasteiger partial charge in [0.1, 0.15) is 0 Å². The van der Waals surface area contributed by atoms with Gasteiger partial charge in [0.05, 0.1) is 10.1 Å². The highest BCUT2D eigenvalue weighted by Gasteiger charge is 2.14. The van der Waals surface area contributed by atoms with Crippen LogP contribution in [0.4, 0.5) is 4.79 Å². The minimum absolute atomic E-state index is 0.0830. The van der Waals surface area contributed by atoms with Crippen molar-refractivity contribution in [3.8, 4) is 0 Å². The van der Waals surface area contributed by atoms with E-state index in [-0.39, 0.29) is 17.6 Å². The number of hydrogen-bond donors (Lipinski definition) is 1. The molecule has 96 valence electrons. The second-order valence-electron chi connectivity index (χ2n) is 4.33. The number of rotatable bonds is 3. The standard InChI is InChI=1S/C13H16N2O2S/c1-3-6-9(2)14-13(17)15-12(16)10-7-4-5-8-11(10)18-15/h4-5,7-9H,3,6H2,1-2H3,(H,14,17). The summed E-state index contributed by atoms with van der Waals surface area (Å²) < 4.78 is 2.03. The fourth-order valence-corrected chi connectivity index (χ4v) is 2.79. The van der Waals surface area contributed by atoms with Crippen LogP contribution in [-0.2, 0) is 0 Å². The van der Waals surface area contributed by atoms with Gasteiger partial charge in [-0.15, -0.1) is 0 Å². The van der Waals surface area contributed by atoms with Crippen LogP contribution in [0.1, 0.15) is 26.7 Å². The van der Waals surface area contributed by atoms with Gasteiger partial charge in [-0.25, -0.2) is 4.79 Å². The van der Waals surface area contributed by atoms with Crippen molar-refractivity contribution in [2.24, 2.45) is 0 Å². The molecular formula is C13H16N2O2S. The number of carbonyl (C=O) groups is 1. The molecule has 2 rings (SSSR count). The summed E-state index contributed by atoms with van der Waals surface area (Å²) in [5.74, 6) is 0. The molecule has 0 radical (unpaired) electrons. The van der Waals surface area contributed by atoms with Crippen molar-refractivity contribution < 1.29 is 4.79 Å². The first-order chi connectivity index (χ1) is 8.63. The average Bonchev–Trinajstić information content (AvgIpc) is 2.68. The quantitative estimate of drug-likeness (QED) is 0.926. The Labute approximate surface area is 109 Å². The normalized spacial score (nSPS) is 12.6. The first-order valence-electron chi connectivity index (χ1n) is 6.05. The number of amides is 1. The number of carbonyl (C=O) groups excluding carboxylic acids is 1. The molecule has 5 heteroatoms. The molecule has 0 saturated heterocycles. The van der Waals surface area contributed by atoms with Gasteiger partial charge >= 0.3 is 6.03 Å². The number of fused-ring (bicyclic) bond motifs is 1. The molecule has 0 aliphatic rings. The van der Waals surface area contributed by atoms with E-state index in [1.54, 1.807) is 12.1 Å². The highest BCUT2D eigenvalue weighted by Crippen LogP contribution is 2.15. The number of aromatic nitrogens is 1. The summed E-state index contributed by atoms with van der Waals surface area (Å²) in [4.78, 5) is 24.0. The van der Waals surface area contributed by atoms with Crippen molar-refractivity contribution in [1.29, 1.82) is 0 Å². The lowest BCUT2D eigenvalue weighted by Crippen LogP contribution is -2.38. The van der Waals surface area contributed by atoms with E-state index in [0.717, 1.165) is 17.5 Å². The third-order valence-corrected chi connectivity index (χ3v) is 3.83. The van der Waals surface area contributed by atoms with Crippen LogP contribution in [0.5, 0.6) is 0 Å². The monoisotopic (exact) mass is 264 g/mol. The molecule has 1 N–H and O–H groups in total. The molecular weight excluding hydrogens is 248 g/mol. The first kappa shape index (κ1) is 12.8. The summed E-state index contributed by atoms with van der Waals surface area (Å²) in [6.45, 7) is 4.01. The zero-order chi connectivity index (χ0) is 13.1. The third-order valence-electron chi connectivity index (χ3n) is 2.77. The molecule has 0 spiro atoms. The Morgan fingerprint density at radius 1 is 1.44 bits per heavy atom. The summed E-state index contributed by atoms with van der Waals surface area (Å²) >= 11 is 1.18. The molecule has 1 unspecified atom stereocenters. The van der Waals surface area contributed by atoms with Crippen molar-refractivity contribution in [1.82, 2.24) is 9.27 Å². The lowest BCUT2D eigenvalue weighted by atomic mass is 10.2. The lowest BCUT2D eigenvalue weighted by molar-refractivity contribution is 0.240. The molecule has 2 aromatic rings. The van der Waals surface area contributed by atoms with Gasteiger partial charge in [-0.2, -0.15) is 3.96 Å². The van der Waals surface area contributed by atoms with E-state index in [0.29, 0.717) is 5.39 Å². The molecule has 1 amide bonds. The summed E-state index contributed by atoms with van der Waals surface area (Å²) in [5.41, 5.74) is -0.239. The molecule has 0 bridgehead atoms. The summed E-state index contributed by atoms with van der Waals surface area (Å²) in [5, 5.41) is 3.43. The maximum Gasteiger partial charge on any atom is 0.338 e. The maximum atomic E-state index is 12.0. The first-order valence-corrected chi connectivity index (χ1v) is 6.82. The van der Waals surface area contributed by atoms with Gasteiger partial charge in [-0.3, -0.25) is 4.79 Å². The van der Waals surface area contributed by atoms with Crippen LogP contribution in [0.15, 0.2) is 29.1 Å². The molecule has 0 aliphatic heterocycles. The van der Waals surface area contributed by atoms with E-state index in [2.05, 4.69) is 12.2 Å². The Morgan fingerprint density at radius 3 is 2.83 bits per heavy atom. The molecule has 4 nitrogen and oxygen atoms in total. The van der Waals surface area contributed by atoms with Crippen molar-refractivity contribution in [3.05, 3.63) is 34.6 Å². The van der Waals surface area contributed by atoms with E-state index < -0.39 is 0 Å². The lowest BCUT2D eigenvalue weighted by Gasteiger charge is -2.11. The van der Waals surface area contributed by atoms with E-state index in [9.17, 15) is 9.59 Å². The molecule has 0 fully saturated rings. The van der Waals surface area contributed by atoms with E-state index in [4.69, 9.17) is 0 Å². The number of nitrogens with zero attached hydrogens (tertiary/aromatic N) is 1. The second kappa shape index (κ2) is 5.35. The highest BCUT2D eigenvalue weighted by molar-refractivity contribution is 7.14. The summed E-state index contributed by atoms with van der Waals surface area (Å²) in [7, 11) is 0. The maximum absolute atomic E-state index is 12.0. The van der Waals surface area contributed by atoms with Gasteiger partial charge in [-0.05, 0) is 37.0 Å². The van der Waals surface area contributed by atoms with Crippen LogP contribution in [0.3, 0.4) is 0 Å². The van der Waals surface area contributed by atoms with Crippen LogP contribution in [-0.4, -0.2) is 16.0 Å². The average molecular weight is 264 g/mol. The third kappa shape index (κ3) is 2.46. The van der Waals surface area contributed by atoms with Gasteiger partial charge in [0.2, 0.25) is 0 Å². The minimum atomic E-state index is -0.331. The number of nitrogens with one attached hydrogen (secondary N) is 1. The smallest absolute Gasteiger partial charge is 0.334 e. The van der Waals surface area contributed by atoms with Crippen LogP contribution in [0, 0.1) is 0 Å². The number of benzene rings is 1. The van der Waals surface area contributed by atoms with E-state index >= 15 is 0 Å². The SMILES string of the molecule is CCCC(C)NC(=O)n1sc2ccccc2c1=O. The van der Waals surface area contributed by atoms with Gasteiger partial charge in [0, 0.05) is 6.04 Å². The van der Waals surface area contributed by atoms with Crippen LogP contribution in [0.2, 0.25) is 0 Å². The van der Waals surface area contributed by atoms with Gasteiger partial charge < -0.3 is 5.32 Å². The predicted octanol–water partition coefficient (Wildman–Crippen LogP) is 2.81. The van der Waals surface area contributed by atoms with Crippen LogP contribution < -0.4 is 10.9 Å². The van der Waals surface area contributed by atoms with Crippen molar-refractivity contribution in [2.75, 3.05) is 0 Å². The number of hydrogen-bond acceptors (Lipinski definition) is 3. The molecule has 1 aromatic heterocycles. The molecule has 0 saturated carbocycles. The van der Waals surface area contributed by atoms with Gasteiger partial charge in [0.15, 0.2) is 0 Å². The minimum Gasteiger partial charge on any atom is -0.334 e. The Balaban J connectivity index is 2.28. The van der Waals surface area contributed by atoms with Crippen molar-refractivity contribution in [3.63, 3.8) is 0 Å². The van der Waals surface area contributed by atoms with Crippen LogP contribution in [0.25, 0.3) is 10.1 Å². The summed E-state index contributed by atoms with van der Waals surface area (Å²) in [6, 6.07) is 7.01. The Bertz CT molecular complexity index is 615. The fraction of sp³-hybridized carbons (Fsp3) is 0.385. The predicted molar refractivity (Wildman–Crippen MR) is 74.4 cm³/mol. The van der Waals surface area contributed by atoms with Gasteiger partial charge in [0.25, 0.3) is 5.56 Å². The van der Waals surface area contributed by atoms with Crippen molar-refractivity contribution >= 4 is 27.6 Å². The molecule has 1 heterocycles. The molecule has 1 aromatic carbocycles. The zero-order valence-corrected chi connectivity index (χ0v) is 11.3. The second-order valence-corrected chi connectivity index (χ2v) is 5.31. The topological polar surface area (TPSA) is 51.1 Å². The largest absolute Gasteiger partial charge is 0.338 e. The Morgan fingerprint density at radius 2 is 2.17 bits per heavy atom. The molecule has 0 aliphatic carbocycles. The Kier molecular flexibility index (Phi) is 3.81. The van der Waals surface area contributed by atoms with E-state index in [1.807, 2.05) is 19.1 Å².